The Kier molecular flexibility index (Phi) is 5.17. The van der Waals surface area contributed by atoms with Crippen LogP contribution in [0.3, 0.4) is 0 Å². The van der Waals surface area contributed by atoms with Crippen molar-refractivity contribution in [3.63, 3.8) is 0 Å². The van der Waals surface area contributed by atoms with E-state index in [0.29, 0.717) is 12.0 Å². The number of hydrogen-bond acceptors (Lipinski definition) is 2. The lowest BCUT2D eigenvalue weighted by Gasteiger charge is -2.30. The van der Waals surface area contributed by atoms with Crippen LogP contribution in [0.4, 0.5) is 0 Å². The fraction of sp³-hybridized carbons (Fsp3) is 0.625. The Morgan fingerprint density at radius 1 is 1.26 bits per heavy atom. The monoisotopic (exact) mass is 279 g/mol. The second-order valence-electron chi connectivity index (χ2n) is 5.94. The topological polar surface area (TPSA) is 29.1 Å². The molecule has 0 aliphatic carbocycles. The van der Waals surface area contributed by atoms with Crippen molar-refractivity contribution in [3.8, 4) is 0 Å². The summed E-state index contributed by atoms with van der Waals surface area (Å²) >= 11 is 0. The standard InChI is InChI=1S/C16H25NOS/c1-4-15-10-19(18)11-16(17-15)14-7-5-13(6-8-14)9-12(2)3/h5-8,12,15-17H,4,9-11H2,1-3H3. The lowest BCUT2D eigenvalue weighted by Crippen LogP contribution is -2.44. The van der Waals surface area contributed by atoms with E-state index in [0.717, 1.165) is 24.3 Å². The molecule has 3 unspecified atom stereocenters. The molecule has 3 heteroatoms. The highest BCUT2D eigenvalue weighted by molar-refractivity contribution is 7.85. The highest BCUT2D eigenvalue weighted by Gasteiger charge is 2.25. The molecule has 1 fully saturated rings. The van der Waals surface area contributed by atoms with Gasteiger partial charge < -0.3 is 5.32 Å². The number of rotatable bonds is 4. The molecule has 2 rings (SSSR count). The normalized spacial score (nSPS) is 27.7. The van der Waals surface area contributed by atoms with E-state index in [1.807, 2.05) is 0 Å². The summed E-state index contributed by atoms with van der Waals surface area (Å²) in [5.74, 6) is 2.24. The van der Waals surface area contributed by atoms with Crippen LogP contribution in [0.2, 0.25) is 0 Å². The first-order chi connectivity index (χ1) is 9.08. The van der Waals surface area contributed by atoms with Gasteiger partial charge in [-0.1, -0.05) is 45.0 Å². The Morgan fingerprint density at radius 2 is 1.95 bits per heavy atom. The molecule has 1 aromatic carbocycles. The van der Waals surface area contributed by atoms with Gasteiger partial charge in [-0.15, -0.1) is 0 Å². The van der Waals surface area contributed by atoms with Gasteiger partial charge in [-0.05, 0) is 29.9 Å². The van der Waals surface area contributed by atoms with Crippen molar-refractivity contribution >= 4 is 10.8 Å². The van der Waals surface area contributed by atoms with Gasteiger partial charge in [-0.25, -0.2) is 0 Å². The molecule has 3 atom stereocenters. The van der Waals surface area contributed by atoms with Gasteiger partial charge in [0.25, 0.3) is 0 Å². The molecule has 1 heterocycles. The molecule has 1 aliphatic rings. The second kappa shape index (κ2) is 6.67. The summed E-state index contributed by atoms with van der Waals surface area (Å²) in [6.07, 6.45) is 2.18. The van der Waals surface area contributed by atoms with Crippen LogP contribution in [0.1, 0.15) is 44.4 Å². The summed E-state index contributed by atoms with van der Waals surface area (Å²) in [6.45, 7) is 6.64. The van der Waals surface area contributed by atoms with E-state index in [9.17, 15) is 4.21 Å². The number of nitrogens with one attached hydrogen (secondary N) is 1. The summed E-state index contributed by atoms with van der Waals surface area (Å²) in [7, 11) is -0.678. The van der Waals surface area contributed by atoms with Gasteiger partial charge >= 0.3 is 0 Å². The molecular formula is C16H25NOS. The van der Waals surface area contributed by atoms with Crippen molar-refractivity contribution < 1.29 is 4.21 Å². The fourth-order valence-corrected chi connectivity index (χ4v) is 4.22. The van der Waals surface area contributed by atoms with Crippen molar-refractivity contribution in [1.29, 1.82) is 0 Å². The lowest BCUT2D eigenvalue weighted by atomic mass is 9.99. The molecular weight excluding hydrogens is 254 g/mol. The van der Waals surface area contributed by atoms with E-state index in [4.69, 9.17) is 0 Å². The molecule has 1 saturated heterocycles. The van der Waals surface area contributed by atoms with E-state index >= 15 is 0 Å². The van der Waals surface area contributed by atoms with Crippen LogP contribution in [0.25, 0.3) is 0 Å². The Morgan fingerprint density at radius 3 is 2.53 bits per heavy atom. The Balaban J connectivity index is 2.06. The van der Waals surface area contributed by atoms with E-state index in [1.165, 1.54) is 11.1 Å². The molecule has 0 saturated carbocycles. The summed E-state index contributed by atoms with van der Waals surface area (Å²) in [5, 5.41) is 3.62. The quantitative estimate of drug-likeness (QED) is 0.918. The van der Waals surface area contributed by atoms with Gasteiger partial charge in [0.15, 0.2) is 0 Å². The lowest BCUT2D eigenvalue weighted by molar-refractivity contribution is 0.456. The minimum Gasteiger partial charge on any atom is -0.305 e. The zero-order valence-electron chi connectivity index (χ0n) is 12.2. The van der Waals surface area contributed by atoms with Crippen molar-refractivity contribution in [2.24, 2.45) is 5.92 Å². The maximum absolute atomic E-state index is 11.9. The van der Waals surface area contributed by atoms with Crippen molar-refractivity contribution in [2.45, 2.75) is 45.7 Å². The molecule has 1 aromatic rings. The predicted molar refractivity (Wildman–Crippen MR) is 82.8 cm³/mol. The molecule has 0 bridgehead atoms. The van der Waals surface area contributed by atoms with Crippen LogP contribution >= 0.6 is 0 Å². The summed E-state index contributed by atoms with van der Waals surface area (Å²) in [6, 6.07) is 9.49. The third-order valence-corrected chi connectivity index (χ3v) is 5.17. The molecule has 106 valence electrons. The van der Waals surface area contributed by atoms with Crippen molar-refractivity contribution in [2.75, 3.05) is 11.5 Å². The largest absolute Gasteiger partial charge is 0.305 e. The number of benzene rings is 1. The van der Waals surface area contributed by atoms with Gasteiger partial charge in [0.05, 0.1) is 0 Å². The Labute approximate surface area is 119 Å². The molecule has 2 nitrogen and oxygen atoms in total. The van der Waals surface area contributed by atoms with E-state index < -0.39 is 10.8 Å². The molecule has 0 amide bonds. The summed E-state index contributed by atoms with van der Waals surface area (Å²) in [4.78, 5) is 0. The molecule has 1 N–H and O–H groups in total. The van der Waals surface area contributed by atoms with Gasteiger partial charge in [0.2, 0.25) is 0 Å². The van der Waals surface area contributed by atoms with Gasteiger partial charge in [-0.3, -0.25) is 4.21 Å². The molecule has 0 radical (unpaired) electrons. The first kappa shape index (κ1) is 14.7. The Hall–Kier alpha value is -0.670. The average molecular weight is 279 g/mol. The fourth-order valence-electron chi connectivity index (χ4n) is 2.64. The van der Waals surface area contributed by atoms with Crippen LogP contribution in [0, 0.1) is 5.92 Å². The van der Waals surface area contributed by atoms with E-state index in [1.54, 1.807) is 0 Å². The zero-order chi connectivity index (χ0) is 13.8. The maximum Gasteiger partial charge on any atom is 0.0439 e. The second-order valence-corrected chi connectivity index (χ2v) is 7.48. The number of hydrogen-bond donors (Lipinski definition) is 1. The van der Waals surface area contributed by atoms with Gasteiger partial charge in [0.1, 0.15) is 0 Å². The minimum absolute atomic E-state index is 0.257. The van der Waals surface area contributed by atoms with E-state index in [2.05, 4.69) is 50.4 Å². The van der Waals surface area contributed by atoms with Crippen LogP contribution < -0.4 is 5.32 Å². The molecule has 0 aromatic heterocycles. The highest BCUT2D eigenvalue weighted by Crippen LogP contribution is 2.21. The SMILES string of the molecule is CCC1CS(=O)CC(c2ccc(CC(C)C)cc2)N1. The minimum atomic E-state index is -0.678. The van der Waals surface area contributed by atoms with Crippen molar-refractivity contribution in [1.82, 2.24) is 5.32 Å². The summed E-state index contributed by atoms with van der Waals surface area (Å²) in [5.41, 5.74) is 2.67. The smallest absolute Gasteiger partial charge is 0.0439 e. The first-order valence-corrected chi connectivity index (χ1v) is 8.77. The van der Waals surface area contributed by atoms with Crippen LogP contribution in [-0.4, -0.2) is 21.8 Å². The van der Waals surface area contributed by atoms with E-state index in [-0.39, 0.29) is 6.04 Å². The third-order valence-electron chi connectivity index (χ3n) is 3.70. The first-order valence-electron chi connectivity index (χ1n) is 7.28. The molecule has 19 heavy (non-hydrogen) atoms. The predicted octanol–water partition coefficient (Wildman–Crippen LogP) is 3.06. The van der Waals surface area contributed by atoms with Crippen LogP contribution in [0.5, 0.6) is 0 Å². The maximum atomic E-state index is 11.9. The van der Waals surface area contributed by atoms with Gasteiger partial charge in [-0.2, -0.15) is 0 Å². The van der Waals surface area contributed by atoms with Crippen LogP contribution in [0.15, 0.2) is 24.3 Å². The molecule has 1 aliphatic heterocycles. The Bertz CT molecular complexity index is 427. The average Bonchev–Trinajstić information content (AvgIpc) is 2.38. The molecule has 0 spiro atoms. The van der Waals surface area contributed by atoms with Gasteiger partial charge in [0, 0.05) is 34.4 Å². The van der Waals surface area contributed by atoms with Crippen LogP contribution in [-0.2, 0) is 17.2 Å². The highest BCUT2D eigenvalue weighted by atomic mass is 32.2. The zero-order valence-corrected chi connectivity index (χ0v) is 13.0. The van der Waals surface area contributed by atoms with Crippen molar-refractivity contribution in [3.05, 3.63) is 35.4 Å². The third kappa shape index (κ3) is 4.15. The summed E-state index contributed by atoms with van der Waals surface area (Å²) < 4.78 is 11.9.